The molecule has 3 rings (SSSR count). The molecule has 1 N–H and O–H groups in total. The molecule has 2 saturated heterocycles. The van der Waals surface area contributed by atoms with E-state index in [0.717, 1.165) is 38.3 Å². The second-order valence-corrected chi connectivity index (χ2v) is 8.28. The highest BCUT2D eigenvalue weighted by atomic mass is 35.5. The summed E-state index contributed by atoms with van der Waals surface area (Å²) in [5, 5.41) is 7.71. The fraction of sp³-hybridized carbons (Fsp3) is 0.800. The number of nitrogens with zero attached hydrogens (tertiary/aromatic N) is 4. The van der Waals surface area contributed by atoms with Crippen LogP contribution in [0.5, 0.6) is 0 Å². The number of piperazine rings is 1. The molecule has 1 unspecified atom stereocenters. The molecule has 0 saturated carbocycles. The molecule has 0 amide bonds. The van der Waals surface area contributed by atoms with E-state index in [1.54, 1.807) is 15.9 Å². The van der Waals surface area contributed by atoms with Crippen LogP contribution in [0.15, 0.2) is 4.90 Å². The van der Waals surface area contributed by atoms with Gasteiger partial charge >= 0.3 is 0 Å². The van der Waals surface area contributed by atoms with Crippen molar-refractivity contribution in [3.63, 3.8) is 0 Å². The van der Waals surface area contributed by atoms with Gasteiger partial charge in [-0.05, 0) is 27.2 Å². The second kappa shape index (κ2) is 7.70. The van der Waals surface area contributed by atoms with Gasteiger partial charge in [-0.1, -0.05) is 0 Å². The van der Waals surface area contributed by atoms with Crippen LogP contribution in [0.3, 0.4) is 0 Å². The largest absolute Gasteiger partial charge is 0.314 e. The third-order valence-electron chi connectivity index (χ3n) is 5.01. The summed E-state index contributed by atoms with van der Waals surface area (Å²) in [7, 11) is -3.45. The molecular weight excluding hydrogens is 350 g/mol. The summed E-state index contributed by atoms with van der Waals surface area (Å²) in [5.74, 6) is 0. The molecule has 1 atom stereocenters. The molecule has 24 heavy (non-hydrogen) atoms. The Kier molecular flexibility index (Phi) is 6.30. The number of nitrogens with one attached hydrogen (secondary N) is 1. The maximum atomic E-state index is 13.1. The lowest BCUT2D eigenvalue weighted by atomic mass is 10.2. The molecule has 1 aromatic rings. The summed E-state index contributed by atoms with van der Waals surface area (Å²) in [4.78, 5) is 2.82. The molecule has 9 heteroatoms. The average molecular weight is 378 g/mol. The minimum Gasteiger partial charge on any atom is -0.314 e. The van der Waals surface area contributed by atoms with Gasteiger partial charge in [0.25, 0.3) is 0 Å². The molecule has 0 aliphatic carbocycles. The van der Waals surface area contributed by atoms with Gasteiger partial charge in [-0.15, -0.1) is 12.4 Å². The maximum Gasteiger partial charge on any atom is 0.246 e. The first-order valence-electron chi connectivity index (χ1n) is 8.44. The van der Waals surface area contributed by atoms with E-state index in [4.69, 9.17) is 0 Å². The lowest BCUT2D eigenvalue weighted by molar-refractivity contribution is 0.179. The van der Waals surface area contributed by atoms with E-state index in [0.29, 0.717) is 36.3 Å². The normalized spacial score (nSPS) is 23.4. The van der Waals surface area contributed by atoms with E-state index in [1.165, 1.54) is 0 Å². The Bertz CT molecular complexity index is 670. The van der Waals surface area contributed by atoms with E-state index in [2.05, 4.69) is 15.3 Å². The number of aromatic nitrogens is 2. The first kappa shape index (κ1) is 19.7. The van der Waals surface area contributed by atoms with Gasteiger partial charge in [-0.25, -0.2) is 8.42 Å². The standard InChI is InChI=1S/C15H27N5O2S.ClH/c1-4-20-13(3)15(12(2)17-20)23(21,22)19-8-5-14(11-19)18-9-6-16-7-10-18;/h14,16H,4-11H2,1-3H3;1H. The summed E-state index contributed by atoms with van der Waals surface area (Å²) >= 11 is 0. The predicted molar refractivity (Wildman–Crippen MR) is 96.2 cm³/mol. The third-order valence-corrected chi connectivity index (χ3v) is 7.12. The lowest BCUT2D eigenvalue weighted by Crippen LogP contribution is -2.49. The van der Waals surface area contributed by atoms with Crippen LogP contribution in [0.1, 0.15) is 24.7 Å². The van der Waals surface area contributed by atoms with Crippen molar-refractivity contribution in [2.24, 2.45) is 0 Å². The van der Waals surface area contributed by atoms with E-state index in [9.17, 15) is 8.42 Å². The van der Waals surface area contributed by atoms with Crippen LogP contribution in [-0.2, 0) is 16.6 Å². The summed E-state index contributed by atoms with van der Waals surface area (Å²) in [6, 6.07) is 0.341. The molecule has 2 aliphatic rings. The van der Waals surface area contributed by atoms with Gasteiger partial charge < -0.3 is 5.32 Å². The van der Waals surface area contributed by atoms with Crippen molar-refractivity contribution >= 4 is 22.4 Å². The summed E-state index contributed by atoms with van der Waals surface area (Å²) in [6.45, 7) is 11.5. The van der Waals surface area contributed by atoms with E-state index >= 15 is 0 Å². The van der Waals surface area contributed by atoms with Crippen molar-refractivity contribution in [3.05, 3.63) is 11.4 Å². The molecule has 7 nitrogen and oxygen atoms in total. The molecule has 0 radical (unpaired) electrons. The van der Waals surface area contributed by atoms with E-state index in [-0.39, 0.29) is 12.4 Å². The third kappa shape index (κ3) is 3.48. The maximum absolute atomic E-state index is 13.1. The topological polar surface area (TPSA) is 70.5 Å². The van der Waals surface area contributed by atoms with Crippen LogP contribution >= 0.6 is 12.4 Å². The number of hydrogen-bond donors (Lipinski definition) is 1. The number of halogens is 1. The van der Waals surface area contributed by atoms with Crippen LogP contribution in [0, 0.1) is 13.8 Å². The Morgan fingerprint density at radius 2 is 1.88 bits per heavy atom. The highest BCUT2D eigenvalue weighted by Gasteiger charge is 2.38. The molecule has 0 aromatic carbocycles. The minimum absolute atomic E-state index is 0. The van der Waals surface area contributed by atoms with Crippen LogP contribution in [-0.4, -0.2) is 72.7 Å². The Balaban J connectivity index is 0.00000208. The van der Waals surface area contributed by atoms with Crippen molar-refractivity contribution in [1.29, 1.82) is 0 Å². The van der Waals surface area contributed by atoms with Gasteiger partial charge in [-0.3, -0.25) is 9.58 Å². The van der Waals surface area contributed by atoms with Gasteiger partial charge in [0, 0.05) is 51.9 Å². The van der Waals surface area contributed by atoms with Gasteiger partial charge in [-0.2, -0.15) is 9.40 Å². The Hall–Kier alpha value is -0.670. The van der Waals surface area contributed by atoms with Gasteiger partial charge in [0.15, 0.2) is 0 Å². The van der Waals surface area contributed by atoms with E-state index in [1.807, 2.05) is 13.8 Å². The summed E-state index contributed by atoms with van der Waals surface area (Å²) < 4.78 is 29.6. The second-order valence-electron chi connectivity index (χ2n) is 6.41. The van der Waals surface area contributed by atoms with Crippen molar-refractivity contribution in [1.82, 2.24) is 24.3 Å². The van der Waals surface area contributed by atoms with Crippen LogP contribution < -0.4 is 5.32 Å². The Labute approximate surface area is 150 Å². The molecular formula is C15H28ClN5O2S. The van der Waals surface area contributed by atoms with Crippen molar-refractivity contribution < 1.29 is 8.42 Å². The number of aryl methyl sites for hydroxylation is 2. The number of sulfonamides is 1. The molecule has 2 aliphatic heterocycles. The van der Waals surface area contributed by atoms with Crippen LogP contribution in [0.25, 0.3) is 0 Å². The van der Waals surface area contributed by atoms with Gasteiger partial charge in [0.2, 0.25) is 10.0 Å². The zero-order valence-corrected chi connectivity index (χ0v) is 16.3. The quantitative estimate of drug-likeness (QED) is 0.832. The zero-order chi connectivity index (χ0) is 16.6. The average Bonchev–Trinajstić information content (AvgIpc) is 3.13. The van der Waals surface area contributed by atoms with Gasteiger partial charge in [0.05, 0.1) is 11.4 Å². The molecule has 0 bridgehead atoms. The summed E-state index contributed by atoms with van der Waals surface area (Å²) in [6.07, 6.45) is 0.916. The van der Waals surface area contributed by atoms with Gasteiger partial charge in [0.1, 0.15) is 4.90 Å². The van der Waals surface area contributed by atoms with Crippen molar-refractivity contribution in [3.8, 4) is 0 Å². The molecule has 3 heterocycles. The highest BCUT2D eigenvalue weighted by Crippen LogP contribution is 2.28. The first-order chi connectivity index (χ1) is 10.9. The number of hydrogen-bond acceptors (Lipinski definition) is 5. The number of rotatable bonds is 4. The molecule has 138 valence electrons. The van der Waals surface area contributed by atoms with Crippen molar-refractivity contribution in [2.45, 2.75) is 44.7 Å². The molecule has 2 fully saturated rings. The fourth-order valence-electron chi connectivity index (χ4n) is 3.77. The Morgan fingerprint density at radius 1 is 1.21 bits per heavy atom. The minimum atomic E-state index is -3.45. The predicted octanol–water partition coefficient (Wildman–Crippen LogP) is 0.610. The van der Waals surface area contributed by atoms with E-state index < -0.39 is 10.0 Å². The SMILES string of the molecule is CCn1nc(C)c(S(=O)(=O)N2CCC(N3CCNCC3)C2)c1C.Cl. The molecule has 1 aromatic heterocycles. The lowest BCUT2D eigenvalue weighted by Gasteiger charge is -2.32. The van der Waals surface area contributed by atoms with Crippen LogP contribution in [0.2, 0.25) is 0 Å². The monoisotopic (exact) mass is 377 g/mol. The fourth-order valence-corrected chi connectivity index (χ4v) is 5.63. The van der Waals surface area contributed by atoms with Crippen LogP contribution in [0.4, 0.5) is 0 Å². The summed E-state index contributed by atoms with van der Waals surface area (Å²) in [5.41, 5.74) is 1.35. The zero-order valence-electron chi connectivity index (χ0n) is 14.7. The van der Waals surface area contributed by atoms with Crippen molar-refractivity contribution in [2.75, 3.05) is 39.3 Å². The highest BCUT2D eigenvalue weighted by molar-refractivity contribution is 7.89. The molecule has 0 spiro atoms. The smallest absolute Gasteiger partial charge is 0.246 e. The Morgan fingerprint density at radius 3 is 2.46 bits per heavy atom. The first-order valence-corrected chi connectivity index (χ1v) is 9.88.